The van der Waals surface area contributed by atoms with Gasteiger partial charge in [0.1, 0.15) is 18.2 Å². The Morgan fingerprint density at radius 2 is 2.40 bits per heavy atom. The summed E-state index contributed by atoms with van der Waals surface area (Å²) in [7, 11) is 0. The Bertz CT molecular complexity index is 633. The van der Waals surface area contributed by atoms with Crippen molar-refractivity contribution in [1.82, 2.24) is 15.3 Å². The second-order valence-corrected chi connectivity index (χ2v) is 6.13. The number of furan rings is 1. The number of piperidine rings is 1. The van der Waals surface area contributed by atoms with Crippen LogP contribution >= 0.6 is 0 Å². The van der Waals surface area contributed by atoms with Gasteiger partial charge >= 0.3 is 0 Å². The van der Waals surface area contributed by atoms with Gasteiger partial charge in [-0.2, -0.15) is 0 Å². The van der Waals surface area contributed by atoms with Crippen LogP contribution in [-0.4, -0.2) is 42.1 Å². The molecule has 0 unspecified atom stereocenters. The standard InChI is InChI=1S/C18H24N4O3/c23-18(21-6-3-10-24-14-16-5-2-11-25-16)15-4-1-9-22(13-15)17-12-19-7-8-20-17/h2,5,7-8,11-12,15H,1,3-4,6,9-10,13-14H2,(H,21,23)/t15-/m1/s1. The van der Waals surface area contributed by atoms with Gasteiger partial charge in [0.05, 0.1) is 18.4 Å². The molecule has 1 amide bonds. The molecule has 7 heteroatoms. The molecule has 1 fully saturated rings. The molecule has 1 aliphatic rings. The molecule has 1 aliphatic heterocycles. The quantitative estimate of drug-likeness (QED) is 0.738. The molecule has 134 valence electrons. The molecule has 7 nitrogen and oxygen atoms in total. The molecule has 1 N–H and O–H groups in total. The van der Waals surface area contributed by atoms with Crippen molar-refractivity contribution in [2.45, 2.75) is 25.9 Å². The van der Waals surface area contributed by atoms with Crippen LogP contribution in [0, 0.1) is 5.92 Å². The van der Waals surface area contributed by atoms with Gasteiger partial charge in [0.15, 0.2) is 0 Å². The highest BCUT2D eigenvalue weighted by atomic mass is 16.5. The first-order chi connectivity index (χ1) is 12.3. The van der Waals surface area contributed by atoms with Crippen LogP contribution in [0.1, 0.15) is 25.0 Å². The van der Waals surface area contributed by atoms with Gasteiger partial charge < -0.3 is 19.4 Å². The average molecular weight is 344 g/mol. The Balaban J connectivity index is 1.33. The summed E-state index contributed by atoms with van der Waals surface area (Å²) in [5.74, 6) is 1.76. The van der Waals surface area contributed by atoms with Crippen LogP contribution in [0.4, 0.5) is 5.82 Å². The zero-order valence-electron chi connectivity index (χ0n) is 14.3. The van der Waals surface area contributed by atoms with Gasteiger partial charge in [0.25, 0.3) is 0 Å². The predicted molar refractivity (Wildman–Crippen MR) is 93.0 cm³/mol. The summed E-state index contributed by atoms with van der Waals surface area (Å²) in [5.41, 5.74) is 0. The van der Waals surface area contributed by atoms with Gasteiger partial charge in [-0.05, 0) is 31.4 Å². The first-order valence-corrected chi connectivity index (χ1v) is 8.72. The molecule has 0 radical (unpaired) electrons. The lowest BCUT2D eigenvalue weighted by Crippen LogP contribution is -2.43. The van der Waals surface area contributed by atoms with E-state index in [4.69, 9.17) is 9.15 Å². The van der Waals surface area contributed by atoms with Gasteiger partial charge in [-0.1, -0.05) is 0 Å². The Hall–Kier alpha value is -2.41. The SMILES string of the molecule is O=C(NCCCOCc1ccco1)[C@@H]1CCCN(c2cnccn2)C1. The number of carbonyl (C=O) groups excluding carboxylic acids is 1. The predicted octanol–water partition coefficient (Wildman–Crippen LogP) is 2.01. The highest BCUT2D eigenvalue weighted by Gasteiger charge is 2.26. The first-order valence-electron chi connectivity index (χ1n) is 8.72. The molecule has 0 spiro atoms. The third kappa shape index (κ3) is 5.29. The summed E-state index contributed by atoms with van der Waals surface area (Å²) in [6.45, 7) is 3.30. The fraction of sp³-hybridized carbons (Fsp3) is 0.500. The highest BCUT2D eigenvalue weighted by Crippen LogP contribution is 2.20. The van der Waals surface area contributed by atoms with Crippen molar-refractivity contribution < 1.29 is 13.9 Å². The maximum atomic E-state index is 12.4. The fourth-order valence-electron chi connectivity index (χ4n) is 2.95. The average Bonchev–Trinajstić information content (AvgIpc) is 3.19. The molecule has 0 bridgehead atoms. The number of nitrogens with zero attached hydrogens (tertiary/aromatic N) is 3. The Kier molecular flexibility index (Phi) is 6.39. The van der Waals surface area contributed by atoms with E-state index < -0.39 is 0 Å². The normalized spacial score (nSPS) is 17.4. The number of amides is 1. The molecular formula is C18H24N4O3. The number of rotatable bonds is 8. The number of hydrogen-bond donors (Lipinski definition) is 1. The van der Waals surface area contributed by atoms with Crippen molar-refractivity contribution in [2.24, 2.45) is 5.92 Å². The van der Waals surface area contributed by atoms with Crippen LogP contribution in [-0.2, 0) is 16.1 Å². The third-order valence-electron chi connectivity index (χ3n) is 4.25. The van der Waals surface area contributed by atoms with E-state index in [1.807, 2.05) is 12.1 Å². The minimum atomic E-state index is -0.000191. The topological polar surface area (TPSA) is 80.5 Å². The summed E-state index contributed by atoms with van der Waals surface area (Å²) in [6.07, 6.45) is 9.41. The van der Waals surface area contributed by atoms with Gasteiger partial charge in [0.2, 0.25) is 5.91 Å². The monoisotopic (exact) mass is 344 g/mol. The summed E-state index contributed by atoms with van der Waals surface area (Å²) in [5, 5.41) is 3.01. The third-order valence-corrected chi connectivity index (χ3v) is 4.25. The maximum absolute atomic E-state index is 12.4. The molecule has 0 saturated carbocycles. The van der Waals surface area contributed by atoms with Crippen molar-refractivity contribution in [2.75, 3.05) is 31.1 Å². The molecule has 0 aromatic carbocycles. The number of aromatic nitrogens is 2. The van der Waals surface area contributed by atoms with E-state index in [-0.39, 0.29) is 11.8 Å². The number of hydrogen-bond acceptors (Lipinski definition) is 6. The second-order valence-electron chi connectivity index (χ2n) is 6.13. The van der Waals surface area contributed by atoms with Crippen molar-refractivity contribution in [3.8, 4) is 0 Å². The molecule has 3 rings (SSSR count). The summed E-state index contributed by atoms with van der Waals surface area (Å²) in [4.78, 5) is 22.9. The zero-order valence-corrected chi connectivity index (χ0v) is 14.3. The van der Waals surface area contributed by atoms with E-state index in [0.29, 0.717) is 26.3 Å². The van der Waals surface area contributed by atoms with E-state index in [9.17, 15) is 4.79 Å². The van der Waals surface area contributed by atoms with Crippen LogP contribution < -0.4 is 10.2 Å². The van der Waals surface area contributed by atoms with Gasteiger partial charge in [-0.25, -0.2) is 4.98 Å². The Morgan fingerprint density at radius 3 is 3.20 bits per heavy atom. The molecule has 3 heterocycles. The van der Waals surface area contributed by atoms with Crippen molar-refractivity contribution in [3.63, 3.8) is 0 Å². The maximum Gasteiger partial charge on any atom is 0.224 e. The fourth-order valence-corrected chi connectivity index (χ4v) is 2.95. The number of nitrogens with one attached hydrogen (secondary N) is 1. The van der Waals surface area contributed by atoms with E-state index in [1.165, 1.54) is 0 Å². The van der Waals surface area contributed by atoms with Crippen molar-refractivity contribution in [1.29, 1.82) is 0 Å². The van der Waals surface area contributed by atoms with Crippen LogP contribution in [0.5, 0.6) is 0 Å². The highest BCUT2D eigenvalue weighted by molar-refractivity contribution is 5.79. The van der Waals surface area contributed by atoms with E-state index in [0.717, 1.165) is 37.4 Å². The second kappa shape index (κ2) is 9.17. The Morgan fingerprint density at radius 1 is 1.44 bits per heavy atom. The molecule has 2 aromatic heterocycles. The van der Waals surface area contributed by atoms with E-state index in [1.54, 1.807) is 24.9 Å². The van der Waals surface area contributed by atoms with Crippen LogP contribution in [0.3, 0.4) is 0 Å². The summed E-state index contributed by atoms with van der Waals surface area (Å²) in [6, 6.07) is 3.72. The van der Waals surface area contributed by atoms with Crippen molar-refractivity contribution in [3.05, 3.63) is 42.7 Å². The van der Waals surface area contributed by atoms with Crippen LogP contribution in [0.2, 0.25) is 0 Å². The lowest BCUT2D eigenvalue weighted by molar-refractivity contribution is -0.125. The van der Waals surface area contributed by atoms with Crippen LogP contribution in [0.15, 0.2) is 41.4 Å². The molecule has 1 saturated heterocycles. The Labute approximate surface area is 147 Å². The van der Waals surface area contributed by atoms with E-state index >= 15 is 0 Å². The largest absolute Gasteiger partial charge is 0.467 e. The molecular weight excluding hydrogens is 320 g/mol. The first kappa shape index (κ1) is 17.4. The lowest BCUT2D eigenvalue weighted by atomic mass is 9.97. The summed E-state index contributed by atoms with van der Waals surface area (Å²) >= 11 is 0. The molecule has 2 aromatic rings. The zero-order chi connectivity index (χ0) is 17.3. The van der Waals surface area contributed by atoms with Gasteiger partial charge in [-0.3, -0.25) is 9.78 Å². The van der Waals surface area contributed by atoms with Gasteiger partial charge in [0, 0.05) is 38.6 Å². The number of carbonyl (C=O) groups is 1. The smallest absolute Gasteiger partial charge is 0.224 e. The molecule has 0 aliphatic carbocycles. The lowest BCUT2D eigenvalue weighted by Gasteiger charge is -2.32. The van der Waals surface area contributed by atoms with Crippen LogP contribution in [0.25, 0.3) is 0 Å². The number of anilines is 1. The number of ether oxygens (including phenoxy) is 1. The minimum Gasteiger partial charge on any atom is -0.467 e. The minimum absolute atomic E-state index is 0.000191. The molecule has 25 heavy (non-hydrogen) atoms. The van der Waals surface area contributed by atoms with Gasteiger partial charge in [-0.15, -0.1) is 0 Å². The van der Waals surface area contributed by atoms with Crippen molar-refractivity contribution >= 4 is 11.7 Å². The molecule has 1 atom stereocenters. The van der Waals surface area contributed by atoms with E-state index in [2.05, 4.69) is 20.2 Å². The summed E-state index contributed by atoms with van der Waals surface area (Å²) < 4.78 is 10.7.